The first-order valence-electron chi connectivity index (χ1n) is 4.52. The zero-order valence-corrected chi connectivity index (χ0v) is 9.61. The summed E-state index contributed by atoms with van der Waals surface area (Å²) in [5.41, 5.74) is 1.04. The summed E-state index contributed by atoms with van der Waals surface area (Å²) in [5.74, 6) is 1.06. The average Bonchev–Trinajstić information content (AvgIpc) is 2.23. The molecule has 2 rings (SSSR count). The van der Waals surface area contributed by atoms with Crippen LogP contribution in [0.25, 0.3) is 10.9 Å². The summed E-state index contributed by atoms with van der Waals surface area (Å²) >= 11 is 6.24. The van der Waals surface area contributed by atoms with Gasteiger partial charge in [-0.2, -0.15) is 0 Å². The maximum Gasteiger partial charge on any atom is 0.0714 e. The maximum absolute atomic E-state index is 4.42. The molecule has 1 aromatic carbocycles. The highest BCUT2D eigenvalue weighted by atomic mass is 32.2. The van der Waals surface area contributed by atoms with Crippen LogP contribution >= 0.6 is 24.4 Å². The monoisotopic (exact) mass is 221 g/mol. The molecule has 14 heavy (non-hydrogen) atoms. The molecule has 0 N–H and O–H groups in total. The highest BCUT2D eigenvalue weighted by Gasteiger charge is 2.04. The van der Waals surface area contributed by atoms with E-state index in [4.69, 9.17) is 0 Å². The third-order valence-electron chi connectivity index (χ3n) is 2.00. The number of hydrogen-bond donors (Lipinski definition) is 1. The number of thiol groups is 1. The van der Waals surface area contributed by atoms with Gasteiger partial charge in [0.25, 0.3) is 0 Å². The molecule has 72 valence electrons. The smallest absolute Gasteiger partial charge is 0.0714 e. The summed E-state index contributed by atoms with van der Waals surface area (Å²) in [5, 5.41) is 1.20. The van der Waals surface area contributed by atoms with Crippen LogP contribution in [-0.4, -0.2) is 10.7 Å². The van der Waals surface area contributed by atoms with E-state index >= 15 is 0 Å². The second-order valence-corrected chi connectivity index (χ2v) is 4.68. The highest BCUT2D eigenvalue weighted by molar-refractivity contribution is 7.99. The van der Waals surface area contributed by atoms with E-state index in [0.29, 0.717) is 0 Å². The van der Waals surface area contributed by atoms with Crippen molar-refractivity contribution in [3.8, 4) is 0 Å². The van der Waals surface area contributed by atoms with E-state index in [0.717, 1.165) is 16.2 Å². The Labute approximate surface area is 93.3 Å². The summed E-state index contributed by atoms with van der Waals surface area (Å²) < 4.78 is 0. The van der Waals surface area contributed by atoms with Crippen LogP contribution in [0.4, 0.5) is 0 Å². The third kappa shape index (κ3) is 1.74. The van der Waals surface area contributed by atoms with E-state index in [-0.39, 0.29) is 0 Å². The van der Waals surface area contributed by atoms with Gasteiger partial charge in [-0.05, 0) is 11.8 Å². The van der Waals surface area contributed by atoms with Crippen molar-refractivity contribution in [2.45, 2.75) is 16.7 Å². The summed E-state index contributed by atoms with van der Waals surface area (Å²) in [4.78, 5) is 6.54. The Morgan fingerprint density at radius 1 is 1.36 bits per heavy atom. The molecule has 0 atom stereocenters. The third-order valence-corrected chi connectivity index (χ3v) is 3.50. The van der Waals surface area contributed by atoms with Crippen molar-refractivity contribution in [1.82, 2.24) is 4.98 Å². The lowest BCUT2D eigenvalue weighted by atomic mass is 10.2. The summed E-state index contributed by atoms with van der Waals surface area (Å²) in [7, 11) is 0. The summed E-state index contributed by atoms with van der Waals surface area (Å²) in [6.07, 6.45) is 1.82. The van der Waals surface area contributed by atoms with Crippen molar-refractivity contribution in [2.75, 3.05) is 5.75 Å². The minimum atomic E-state index is 0.968. The molecule has 0 aliphatic carbocycles. The molecule has 3 heteroatoms. The number of para-hydroxylation sites is 1. The number of pyridine rings is 1. The highest BCUT2D eigenvalue weighted by Crippen LogP contribution is 2.31. The molecule has 0 bridgehead atoms. The van der Waals surface area contributed by atoms with Gasteiger partial charge in [0, 0.05) is 21.4 Å². The molecule has 1 aromatic heterocycles. The number of thioether (sulfide) groups is 1. The van der Waals surface area contributed by atoms with Crippen LogP contribution in [0.2, 0.25) is 0 Å². The molecule has 1 nitrogen and oxygen atoms in total. The number of benzene rings is 1. The molecule has 0 saturated heterocycles. The van der Waals surface area contributed by atoms with Crippen LogP contribution in [0.15, 0.2) is 40.3 Å². The van der Waals surface area contributed by atoms with Crippen molar-refractivity contribution in [3.05, 3.63) is 30.5 Å². The Morgan fingerprint density at radius 2 is 2.14 bits per heavy atom. The molecule has 0 aliphatic rings. The Bertz CT molecular complexity index is 454. The Hall–Kier alpha value is -0.670. The summed E-state index contributed by atoms with van der Waals surface area (Å²) in [6.45, 7) is 2.15. The van der Waals surface area contributed by atoms with Crippen LogP contribution in [0.3, 0.4) is 0 Å². The lowest BCUT2D eigenvalue weighted by Gasteiger charge is -2.06. The lowest BCUT2D eigenvalue weighted by Crippen LogP contribution is -1.84. The zero-order valence-electron chi connectivity index (χ0n) is 7.90. The predicted molar refractivity (Wildman–Crippen MR) is 65.4 cm³/mol. The van der Waals surface area contributed by atoms with Crippen molar-refractivity contribution in [3.63, 3.8) is 0 Å². The first kappa shape index (κ1) is 9.87. The second-order valence-electron chi connectivity index (χ2n) is 2.92. The Morgan fingerprint density at radius 3 is 2.93 bits per heavy atom. The van der Waals surface area contributed by atoms with Crippen LogP contribution in [-0.2, 0) is 0 Å². The predicted octanol–water partition coefficient (Wildman–Crippen LogP) is 3.64. The van der Waals surface area contributed by atoms with E-state index in [1.54, 1.807) is 0 Å². The summed E-state index contributed by atoms with van der Waals surface area (Å²) in [6, 6.07) is 8.17. The van der Waals surface area contributed by atoms with E-state index in [1.807, 2.05) is 36.2 Å². The van der Waals surface area contributed by atoms with E-state index < -0.39 is 0 Å². The normalized spacial score (nSPS) is 10.7. The first-order chi connectivity index (χ1) is 6.83. The number of aromatic nitrogens is 1. The Balaban J connectivity index is 2.69. The van der Waals surface area contributed by atoms with Gasteiger partial charge in [0.2, 0.25) is 0 Å². The number of nitrogens with zero attached hydrogens (tertiary/aromatic N) is 1. The van der Waals surface area contributed by atoms with Gasteiger partial charge in [0.05, 0.1) is 5.52 Å². The van der Waals surface area contributed by atoms with Gasteiger partial charge in [-0.1, -0.05) is 25.1 Å². The second kappa shape index (κ2) is 4.24. The molecule has 0 aliphatic heterocycles. The maximum atomic E-state index is 4.42. The van der Waals surface area contributed by atoms with Crippen LogP contribution in [0, 0.1) is 0 Å². The average molecular weight is 221 g/mol. The van der Waals surface area contributed by atoms with Crippen molar-refractivity contribution < 1.29 is 0 Å². The molecule has 0 unspecified atom stereocenters. The minimum absolute atomic E-state index is 0.968. The van der Waals surface area contributed by atoms with Gasteiger partial charge in [-0.15, -0.1) is 24.4 Å². The van der Waals surface area contributed by atoms with Gasteiger partial charge < -0.3 is 0 Å². The van der Waals surface area contributed by atoms with Crippen molar-refractivity contribution in [1.29, 1.82) is 0 Å². The topological polar surface area (TPSA) is 12.9 Å². The fourth-order valence-corrected chi connectivity index (χ4v) is 2.59. The molecule has 2 aromatic rings. The molecular formula is C11H11NS2. The van der Waals surface area contributed by atoms with E-state index in [1.165, 1.54) is 10.3 Å². The van der Waals surface area contributed by atoms with Gasteiger partial charge in [0.15, 0.2) is 0 Å². The molecule has 0 amide bonds. The van der Waals surface area contributed by atoms with Crippen LogP contribution in [0.1, 0.15) is 6.92 Å². The van der Waals surface area contributed by atoms with Gasteiger partial charge in [-0.3, -0.25) is 4.98 Å². The fraction of sp³-hybridized carbons (Fsp3) is 0.182. The fourth-order valence-electron chi connectivity index (χ4n) is 1.40. The minimum Gasteiger partial charge on any atom is -0.255 e. The quantitative estimate of drug-likeness (QED) is 0.614. The van der Waals surface area contributed by atoms with Crippen LogP contribution in [0.5, 0.6) is 0 Å². The molecular weight excluding hydrogens is 210 g/mol. The first-order valence-corrected chi connectivity index (χ1v) is 5.95. The van der Waals surface area contributed by atoms with Gasteiger partial charge in [-0.25, -0.2) is 0 Å². The lowest BCUT2D eigenvalue weighted by molar-refractivity contribution is 1.20. The van der Waals surface area contributed by atoms with Crippen molar-refractivity contribution in [2.24, 2.45) is 0 Å². The zero-order chi connectivity index (χ0) is 9.97. The number of hydrogen-bond acceptors (Lipinski definition) is 3. The standard InChI is InChI=1S/C11H11NS2/c1-2-14-11-8-5-3-4-6-9(8)12-7-10(11)13/h3-7,13H,2H2,1H3. The van der Waals surface area contributed by atoms with Gasteiger partial charge in [0.1, 0.15) is 0 Å². The number of rotatable bonds is 2. The largest absolute Gasteiger partial charge is 0.255 e. The van der Waals surface area contributed by atoms with E-state index in [9.17, 15) is 0 Å². The molecule has 0 saturated carbocycles. The molecule has 1 heterocycles. The SMILES string of the molecule is CCSc1c(S)cnc2ccccc12. The van der Waals surface area contributed by atoms with Crippen LogP contribution < -0.4 is 0 Å². The molecule has 0 radical (unpaired) electrons. The molecule has 0 fully saturated rings. The van der Waals surface area contributed by atoms with Gasteiger partial charge >= 0.3 is 0 Å². The number of fused-ring (bicyclic) bond motifs is 1. The Kier molecular flexibility index (Phi) is 2.99. The van der Waals surface area contributed by atoms with E-state index in [2.05, 4.69) is 30.6 Å². The van der Waals surface area contributed by atoms with Crippen molar-refractivity contribution >= 4 is 35.3 Å². The molecule has 0 spiro atoms.